The number of sulfonamides is 1. The highest BCUT2D eigenvalue weighted by Crippen LogP contribution is 2.33. The first-order valence-electron chi connectivity index (χ1n) is 8.92. The smallest absolute Gasteiger partial charge is 0.264 e. The van der Waals surface area contributed by atoms with Crippen molar-refractivity contribution in [2.24, 2.45) is 0 Å². The van der Waals surface area contributed by atoms with Crippen LogP contribution in [0.25, 0.3) is 11.3 Å². The number of anilines is 1. The summed E-state index contributed by atoms with van der Waals surface area (Å²) in [5, 5.41) is 0. The average molecular weight is 459 g/mol. The van der Waals surface area contributed by atoms with E-state index in [1.807, 2.05) is 36.4 Å². The highest BCUT2D eigenvalue weighted by molar-refractivity contribution is 9.10. The Balaban J connectivity index is 1.71. The van der Waals surface area contributed by atoms with Gasteiger partial charge in [-0.15, -0.1) is 0 Å². The summed E-state index contributed by atoms with van der Waals surface area (Å²) in [5.41, 5.74) is 3.31. The molecule has 144 valence electrons. The normalized spacial score (nSPS) is 13.9. The number of aryl methyl sites for hydroxylation is 1. The summed E-state index contributed by atoms with van der Waals surface area (Å²) in [4.78, 5) is 5.00. The van der Waals surface area contributed by atoms with Crippen LogP contribution in [0.15, 0.2) is 70.0 Å². The van der Waals surface area contributed by atoms with Crippen LogP contribution in [-0.4, -0.2) is 27.1 Å². The maximum Gasteiger partial charge on any atom is 0.264 e. The van der Waals surface area contributed by atoms with E-state index in [1.54, 1.807) is 31.4 Å². The molecule has 2 heterocycles. The molecule has 7 heteroatoms. The Labute approximate surface area is 173 Å². The zero-order valence-corrected chi connectivity index (χ0v) is 17.7. The van der Waals surface area contributed by atoms with Gasteiger partial charge in [0.25, 0.3) is 10.0 Å². The Bertz CT molecular complexity index is 1100. The van der Waals surface area contributed by atoms with Crippen molar-refractivity contribution in [1.82, 2.24) is 4.98 Å². The molecule has 0 saturated carbocycles. The number of pyridine rings is 1. The standard InChI is InChI=1S/C21H19BrN2O3S/c1-27-17-8-10-18(11-9-17)28(25,26)24-14-2-3-20-21(24)13-12-19(23-20)15-4-6-16(22)7-5-15/h4-13H,2-3,14H2,1H3. The number of halogens is 1. The lowest BCUT2D eigenvalue weighted by molar-refractivity contribution is 0.414. The van der Waals surface area contributed by atoms with Crippen molar-refractivity contribution in [2.45, 2.75) is 17.7 Å². The van der Waals surface area contributed by atoms with Gasteiger partial charge in [-0.3, -0.25) is 9.29 Å². The predicted molar refractivity (Wildman–Crippen MR) is 113 cm³/mol. The molecule has 3 aromatic rings. The molecule has 0 bridgehead atoms. The fraction of sp³-hybridized carbons (Fsp3) is 0.190. The van der Waals surface area contributed by atoms with Crippen molar-refractivity contribution in [1.29, 1.82) is 0 Å². The molecule has 0 radical (unpaired) electrons. The number of fused-ring (bicyclic) bond motifs is 1. The van der Waals surface area contributed by atoms with Gasteiger partial charge in [0.15, 0.2) is 0 Å². The molecule has 1 aliphatic rings. The van der Waals surface area contributed by atoms with Crippen LogP contribution < -0.4 is 9.04 Å². The van der Waals surface area contributed by atoms with Crippen molar-refractivity contribution < 1.29 is 13.2 Å². The van der Waals surface area contributed by atoms with Gasteiger partial charge in [-0.2, -0.15) is 0 Å². The van der Waals surface area contributed by atoms with Crippen LogP contribution in [0, 0.1) is 0 Å². The summed E-state index contributed by atoms with van der Waals surface area (Å²) < 4.78 is 34.0. The molecule has 0 spiro atoms. The lowest BCUT2D eigenvalue weighted by Gasteiger charge is -2.30. The van der Waals surface area contributed by atoms with Gasteiger partial charge < -0.3 is 4.74 Å². The Morgan fingerprint density at radius 3 is 2.39 bits per heavy atom. The van der Waals surface area contributed by atoms with E-state index in [4.69, 9.17) is 9.72 Å². The van der Waals surface area contributed by atoms with Crippen molar-refractivity contribution in [3.05, 3.63) is 70.8 Å². The largest absolute Gasteiger partial charge is 0.497 e. The molecule has 0 saturated heterocycles. The minimum Gasteiger partial charge on any atom is -0.497 e. The van der Waals surface area contributed by atoms with Gasteiger partial charge in [0.2, 0.25) is 0 Å². The minimum absolute atomic E-state index is 0.248. The van der Waals surface area contributed by atoms with E-state index in [-0.39, 0.29) is 4.90 Å². The molecule has 4 rings (SSSR count). The number of nitrogens with zero attached hydrogens (tertiary/aromatic N) is 2. The highest BCUT2D eigenvalue weighted by Gasteiger charge is 2.30. The fourth-order valence-corrected chi connectivity index (χ4v) is 5.12. The summed E-state index contributed by atoms with van der Waals surface area (Å²) in [6, 6.07) is 18.1. The highest BCUT2D eigenvalue weighted by atomic mass is 79.9. The number of hydrogen-bond acceptors (Lipinski definition) is 4. The SMILES string of the molecule is COc1ccc(S(=O)(=O)N2CCCc3nc(-c4ccc(Br)cc4)ccc32)cc1. The third-order valence-electron chi connectivity index (χ3n) is 4.78. The van der Waals surface area contributed by atoms with E-state index >= 15 is 0 Å². The molecular weight excluding hydrogens is 440 g/mol. The number of benzene rings is 2. The quantitative estimate of drug-likeness (QED) is 0.570. The van der Waals surface area contributed by atoms with Gasteiger partial charge in [-0.25, -0.2) is 8.42 Å². The molecule has 0 atom stereocenters. The molecular formula is C21H19BrN2O3S. The van der Waals surface area contributed by atoms with Crippen molar-refractivity contribution in [2.75, 3.05) is 18.0 Å². The van der Waals surface area contributed by atoms with Gasteiger partial charge in [0, 0.05) is 16.6 Å². The van der Waals surface area contributed by atoms with Crippen molar-refractivity contribution >= 4 is 31.6 Å². The number of ether oxygens (including phenoxy) is 1. The van der Waals surface area contributed by atoms with Crippen LogP contribution in [0.3, 0.4) is 0 Å². The van der Waals surface area contributed by atoms with E-state index in [9.17, 15) is 8.42 Å². The first-order chi connectivity index (χ1) is 13.5. The molecule has 0 aliphatic carbocycles. The lowest BCUT2D eigenvalue weighted by atomic mass is 10.1. The van der Waals surface area contributed by atoms with Gasteiger partial charge >= 0.3 is 0 Å². The second kappa shape index (κ2) is 7.56. The van der Waals surface area contributed by atoms with Crippen LogP contribution in [0.1, 0.15) is 12.1 Å². The molecule has 1 aromatic heterocycles. The van der Waals surface area contributed by atoms with E-state index in [1.165, 1.54) is 4.31 Å². The maximum atomic E-state index is 13.2. The van der Waals surface area contributed by atoms with Crippen LogP contribution >= 0.6 is 15.9 Å². The first-order valence-corrected chi connectivity index (χ1v) is 11.1. The van der Waals surface area contributed by atoms with Gasteiger partial charge in [0.05, 0.1) is 29.1 Å². The number of rotatable bonds is 4. The molecule has 1 aliphatic heterocycles. The predicted octanol–water partition coefficient (Wildman–Crippen LogP) is 4.66. The summed E-state index contributed by atoms with van der Waals surface area (Å²) in [5.74, 6) is 0.624. The molecule has 2 aromatic carbocycles. The van der Waals surface area contributed by atoms with Gasteiger partial charge in [-0.1, -0.05) is 28.1 Å². The zero-order valence-electron chi connectivity index (χ0n) is 15.3. The third kappa shape index (κ3) is 3.52. The first kappa shape index (κ1) is 19.0. The van der Waals surface area contributed by atoms with Crippen LogP contribution in [0.2, 0.25) is 0 Å². The molecule has 5 nitrogen and oxygen atoms in total. The van der Waals surface area contributed by atoms with Gasteiger partial charge in [0.1, 0.15) is 5.75 Å². The summed E-state index contributed by atoms with van der Waals surface area (Å²) in [6.07, 6.45) is 1.49. The van der Waals surface area contributed by atoms with Crippen molar-refractivity contribution in [3.63, 3.8) is 0 Å². The monoisotopic (exact) mass is 458 g/mol. The summed E-state index contributed by atoms with van der Waals surface area (Å²) in [7, 11) is -2.10. The zero-order chi connectivity index (χ0) is 19.7. The maximum absolute atomic E-state index is 13.2. The Kier molecular flexibility index (Phi) is 5.12. The lowest BCUT2D eigenvalue weighted by Crippen LogP contribution is -2.35. The molecule has 0 fully saturated rings. The van der Waals surface area contributed by atoms with E-state index in [2.05, 4.69) is 15.9 Å². The fourth-order valence-electron chi connectivity index (χ4n) is 3.32. The number of methoxy groups -OCH3 is 1. The summed E-state index contributed by atoms with van der Waals surface area (Å²) >= 11 is 3.44. The Hall–Kier alpha value is -2.38. The Morgan fingerprint density at radius 1 is 1.00 bits per heavy atom. The van der Waals surface area contributed by atoms with Crippen LogP contribution in [0.4, 0.5) is 5.69 Å². The number of aromatic nitrogens is 1. The van der Waals surface area contributed by atoms with Crippen molar-refractivity contribution in [3.8, 4) is 17.0 Å². The second-order valence-electron chi connectivity index (χ2n) is 6.53. The molecule has 28 heavy (non-hydrogen) atoms. The molecule has 0 amide bonds. The van der Waals surface area contributed by atoms with E-state index in [0.29, 0.717) is 18.0 Å². The molecule has 0 N–H and O–H groups in total. The van der Waals surface area contributed by atoms with Crippen LogP contribution in [0.5, 0.6) is 5.75 Å². The van der Waals surface area contributed by atoms with Gasteiger partial charge in [-0.05, 0) is 61.4 Å². The van der Waals surface area contributed by atoms with E-state index < -0.39 is 10.0 Å². The third-order valence-corrected chi connectivity index (χ3v) is 7.14. The average Bonchev–Trinajstić information content (AvgIpc) is 2.73. The number of hydrogen-bond donors (Lipinski definition) is 0. The summed E-state index contributed by atoms with van der Waals surface area (Å²) in [6.45, 7) is 0.445. The van der Waals surface area contributed by atoms with Crippen LogP contribution in [-0.2, 0) is 16.4 Å². The second-order valence-corrected chi connectivity index (χ2v) is 9.30. The van der Waals surface area contributed by atoms with E-state index in [0.717, 1.165) is 34.3 Å². The minimum atomic E-state index is -3.65. The topological polar surface area (TPSA) is 59.5 Å². The molecule has 0 unspecified atom stereocenters. The Morgan fingerprint density at radius 2 is 1.71 bits per heavy atom.